The molecule has 0 saturated carbocycles. The van der Waals surface area contributed by atoms with Crippen molar-refractivity contribution in [3.63, 3.8) is 0 Å². The largest absolute Gasteiger partial charge is 0.320 e. The van der Waals surface area contributed by atoms with E-state index < -0.39 is 0 Å². The van der Waals surface area contributed by atoms with Gasteiger partial charge in [0.1, 0.15) is 5.71 Å². The van der Waals surface area contributed by atoms with Crippen LogP contribution in [0.15, 0.2) is 59.6 Å². The highest BCUT2D eigenvalue weighted by Crippen LogP contribution is 2.22. The summed E-state index contributed by atoms with van der Waals surface area (Å²) in [6.07, 6.45) is 0. The van der Waals surface area contributed by atoms with Gasteiger partial charge in [-0.15, -0.1) is 0 Å². The smallest absolute Gasteiger partial charge is 0.274 e. The maximum Gasteiger partial charge on any atom is 0.274 e. The minimum Gasteiger partial charge on any atom is -0.320 e. The number of hydrogen-bond donors (Lipinski definition) is 1. The fraction of sp³-hybridized carbons (Fsp3) is 0.0667. The van der Waals surface area contributed by atoms with E-state index in [1.54, 1.807) is 0 Å². The van der Waals surface area contributed by atoms with Crippen molar-refractivity contribution in [3.8, 4) is 0 Å². The third-order valence-electron chi connectivity index (χ3n) is 2.91. The number of benzene rings is 2. The monoisotopic (exact) mass is 236 g/mol. The first-order chi connectivity index (χ1) is 8.84. The number of nitrogens with zero attached hydrogens (tertiary/aromatic N) is 1. The molecular formula is C15H12N2O. The van der Waals surface area contributed by atoms with Crippen LogP contribution in [0, 0.1) is 0 Å². The second-order valence-electron chi connectivity index (χ2n) is 4.15. The molecule has 0 radical (unpaired) electrons. The first kappa shape index (κ1) is 10.7. The summed E-state index contributed by atoms with van der Waals surface area (Å²) in [5, 5.41) is 2.81. The number of fused-ring (bicyclic) bond motifs is 1. The summed E-state index contributed by atoms with van der Waals surface area (Å²) < 4.78 is 0. The predicted octanol–water partition coefficient (Wildman–Crippen LogP) is 2.63. The van der Waals surface area contributed by atoms with Gasteiger partial charge in [-0.1, -0.05) is 48.5 Å². The van der Waals surface area contributed by atoms with E-state index in [0.717, 1.165) is 16.8 Å². The van der Waals surface area contributed by atoms with Gasteiger partial charge in [0.25, 0.3) is 5.91 Å². The average Bonchev–Trinajstić information content (AvgIpc) is 2.73. The van der Waals surface area contributed by atoms with Gasteiger partial charge in [-0.3, -0.25) is 9.79 Å². The van der Waals surface area contributed by atoms with Crippen molar-refractivity contribution in [2.24, 2.45) is 4.99 Å². The van der Waals surface area contributed by atoms with Crippen molar-refractivity contribution in [1.82, 2.24) is 0 Å². The highest BCUT2D eigenvalue weighted by molar-refractivity contribution is 6.53. The van der Waals surface area contributed by atoms with Crippen molar-refractivity contribution >= 4 is 17.3 Å². The second kappa shape index (κ2) is 4.45. The Balaban J connectivity index is 1.91. The Bertz CT molecular complexity index is 617. The zero-order chi connectivity index (χ0) is 12.4. The molecule has 18 heavy (non-hydrogen) atoms. The summed E-state index contributed by atoms with van der Waals surface area (Å²) in [5.74, 6) is -0.118. The van der Waals surface area contributed by atoms with Crippen LogP contribution in [0.5, 0.6) is 0 Å². The Morgan fingerprint density at radius 1 is 0.944 bits per heavy atom. The standard InChI is InChI=1S/C15H12N2O/c18-15-14(12-8-4-5-9-13(12)17-15)16-10-11-6-2-1-3-7-11/h1-9H,10H2,(H,16,17,18). The third kappa shape index (κ3) is 1.91. The molecule has 2 aromatic rings. The fourth-order valence-corrected chi connectivity index (χ4v) is 2.01. The molecule has 1 amide bonds. The van der Waals surface area contributed by atoms with Gasteiger partial charge in [0.05, 0.1) is 12.2 Å². The van der Waals surface area contributed by atoms with Gasteiger partial charge >= 0.3 is 0 Å². The molecular weight excluding hydrogens is 224 g/mol. The maximum atomic E-state index is 11.8. The lowest BCUT2D eigenvalue weighted by Gasteiger charge is -1.98. The first-order valence-corrected chi connectivity index (χ1v) is 5.84. The minimum atomic E-state index is -0.118. The number of carbonyl (C=O) groups is 1. The van der Waals surface area contributed by atoms with E-state index in [9.17, 15) is 4.79 Å². The fourth-order valence-electron chi connectivity index (χ4n) is 2.01. The van der Waals surface area contributed by atoms with Gasteiger partial charge in [-0.05, 0) is 11.6 Å². The quantitative estimate of drug-likeness (QED) is 0.855. The molecule has 1 aliphatic heterocycles. The van der Waals surface area contributed by atoms with Gasteiger partial charge in [0.15, 0.2) is 0 Å². The molecule has 0 bridgehead atoms. The van der Waals surface area contributed by atoms with Crippen molar-refractivity contribution < 1.29 is 4.79 Å². The van der Waals surface area contributed by atoms with Crippen LogP contribution in [0.4, 0.5) is 5.69 Å². The van der Waals surface area contributed by atoms with Crippen LogP contribution in [-0.2, 0) is 11.3 Å². The summed E-state index contributed by atoms with van der Waals surface area (Å²) in [4.78, 5) is 16.2. The van der Waals surface area contributed by atoms with Crippen LogP contribution >= 0.6 is 0 Å². The van der Waals surface area contributed by atoms with Gasteiger partial charge < -0.3 is 5.32 Å². The van der Waals surface area contributed by atoms with Gasteiger partial charge in [-0.25, -0.2) is 0 Å². The maximum absolute atomic E-state index is 11.8. The molecule has 1 heterocycles. The number of para-hydroxylation sites is 1. The van der Waals surface area contributed by atoms with Crippen molar-refractivity contribution in [2.45, 2.75) is 6.54 Å². The van der Waals surface area contributed by atoms with Gasteiger partial charge in [0.2, 0.25) is 0 Å². The Morgan fingerprint density at radius 3 is 2.50 bits per heavy atom. The average molecular weight is 236 g/mol. The topological polar surface area (TPSA) is 41.5 Å². The Hall–Kier alpha value is -2.42. The van der Waals surface area contributed by atoms with Crippen LogP contribution < -0.4 is 5.32 Å². The Morgan fingerprint density at radius 2 is 1.67 bits per heavy atom. The van der Waals surface area contributed by atoms with E-state index in [0.29, 0.717) is 12.3 Å². The summed E-state index contributed by atoms with van der Waals surface area (Å²) >= 11 is 0. The van der Waals surface area contributed by atoms with Gasteiger partial charge in [-0.2, -0.15) is 0 Å². The van der Waals surface area contributed by atoms with E-state index in [4.69, 9.17) is 0 Å². The number of nitrogens with one attached hydrogen (secondary N) is 1. The molecule has 2 aromatic carbocycles. The molecule has 0 aromatic heterocycles. The zero-order valence-corrected chi connectivity index (χ0v) is 9.76. The zero-order valence-electron chi connectivity index (χ0n) is 9.76. The van der Waals surface area contributed by atoms with E-state index in [2.05, 4.69) is 10.3 Å². The van der Waals surface area contributed by atoms with Crippen LogP contribution in [-0.4, -0.2) is 11.6 Å². The van der Waals surface area contributed by atoms with Crippen molar-refractivity contribution in [3.05, 3.63) is 65.7 Å². The number of anilines is 1. The Kier molecular flexibility index (Phi) is 2.65. The molecule has 0 unspecified atom stereocenters. The molecule has 0 spiro atoms. The molecule has 0 aliphatic carbocycles. The highest BCUT2D eigenvalue weighted by atomic mass is 16.2. The lowest BCUT2D eigenvalue weighted by molar-refractivity contribution is -0.110. The number of rotatable bonds is 2. The summed E-state index contributed by atoms with van der Waals surface area (Å²) in [7, 11) is 0. The van der Waals surface area contributed by atoms with Crippen LogP contribution in [0.3, 0.4) is 0 Å². The van der Waals surface area contributed by atoms with Crippen LogP contribution in [0.1, 0.15) is 11.1 Å². The van der Waals surface area contributed by atoms with Gasteiger partial charge in [0, 0.05) is 5.56 Å². The summed E-state index contributed by atoms with van der Waals surface area (Å²) in [6.45, 7) is 0.526. The van der Waals surface area contributed by atoms with Crippen LogP contribution in [0.25, 0.3) is 0 Å². The van der Waals surface area contributed by atoms with E-state index in [1.165, 1.54) is 0 Å². The highest BCUT2D eigenvalue weighted by Gasteiger charge is 2.24. The molecule has 88 valence electrons. The Labute approximate surface area is 105 Å². The molecule has 3 rings (SSSR count). The minimum absolute atomic E-state index is 0.118. The SMILES string of the molecule is O=C1Nc2ccccc2C1=NCc1ccccc1. The molecule has 0 fully saturated rings. The number of aliphatic imine (C=N–C) groups is 1. The number of carbonyl (C=O) groups excluding carboxylic acids is 1. The van der Waals surface area contributed by atoms with E-state index in [1.807, 2.05) is 54.6 Å². The summed E-state index contributed by atoms with van der Waals surface area (Å²) in [6, 6.07) is 17.5. The third-order valence-corrected chi connectivity index (χ3v) is 2.91. The van der Waals surface area contributed by atoms with Crippen molar-refractivity contribution in [1.29, 1.82) is 0 Å². The molecule has 3 heteroatoms. The molecule has 1 N–H and O–H groups in total. The van der Waals surface area contributed by atoms with E-state index in [-0.39, 0.29) is 5.91 Å². The normalized spacial score (nSPS) is 15.6. The second-order valence-corrected chi connectivity index (χ2v) is 4.15. The molecule has 1 aliphatic rings. The number of hydrogen-bond acceptors (Lipinski definition) is 2. The number of amides is 1. The first-order valence-electron chi connectivity index (χ1n) is 5.84. The molecule has 0 atom stereocenters. The molecule has 0 saturated heterocycles. The van der Waals surface area contributed by atoms with E-state index >= 15 is 0 Å². The lowest BCUT2D eigenvalue weighted by Crippen LogP contribution is -2.14. The lowest BCUT2D eigenvalue weighted by atomic mass is 10.1. The summed E-state index contributed by atoms with van der Waals surface area (Å²) in [5.41, 5.74) is 3.35. The van der Waals surface area contributed by atoms with Crippen LogP contribution in [0.2, 0.25) is 0 Å². The van der Waals surface area contributed by atoms with Crippen molar-refractivity contribution in [2.75, 3.05) is 5.32 Å². The molecule has 3 nitrogen and oxygen atoms in total. The predicted molar refractivity (Wildman–Crippen MR) is 71.8 cm³/mol.